The molecule has 0 aromatic heterocycles. The Morgan fingerprint density at radius 3 is 2.75 bits per heavy atom. The Bertz CT molecular complexity index is 328. The fourth-order valence-corrected chi connectivity index (χ4v) is 2.23. The SMILES string of the molecule is CC1OCCC1(CN)NCc1ccccc1. The van der Waals surface area contributed by atoms with Crippen molar-refractivity contribution in [3.63, 3.8) is 0 Å². The second-order valence-electron chi connectivity index (χ2n) is 4.46. The van der Waals surface area contributed by atoms with E-state index < -0.39 is 0 Å². The molecule has 1 aromatic carbocycles. The number of hydrogen-bond acceptors (Lipinski definition) is 3. The van der Waals surface area contributed by atoms with E-state index in [-0.39, 0.29) is 11.6 Å². The molecule has 1 saturated heterocycles. The number of nitrogens with two attached hydrogens (primary N) is 1. The summed E-state index contributed by atoms with van der Waals surface area (Å²) in [5, 5.41) is 3.56. The van der Waals surface area contributed by atoms with Crippen molar-refractivity contribution in [2.24, 2.45) is 5.73 Å². The first kappa shape index (κ1) is 11.6. The van der Waals surface area contributed by atoms with Gasteiger partial charge in [0.1, 0.15) is 0 Å². The molecule has 0 amide bonds. The van der Waals surface area contributed by atoms with Crippen molar-refractivity contribution in [1.82, 2.24) is 5.32 Å². The van der Waals surface area contributed by atoms with E-state index in [0.717, 1.165) is 19.6 Å². The van der Waals surface area contributed by atoms with E-state index in [9.17, 15) is 0 Å². The van der Waals surface area contributed by atoms with Crippen LogP contribution in [0.5, 0.6) is 0 Å². The lowest BCUT2D eigenvalue weighted by Crippen LogP contribution is -2.55. The third-order valence-corrected chi connectivity index (χ3v) is 3.55. The summed E-state index contributed by atoms with van der Waals surface area (Å²) >= 11 is 0. The highest BCUT2D eigenvalue weighted by Gasteiger charge is 2.39. The van der Waals surface area contributed by atoms with E-state index in [4.69, 9.17) is 10.5 Å². The van der Waals surface area contributed by atoms with Crippen LogP contribution in [0.1, 0.15) is 18.9 Å². The van der Waals surface area contributed by atoms with Crippen molar-refractivity contribution in [2.45, 2.75) is 31.5 Å². The van der Waals surface area contributed by atoms with Crippen molar-refractivity contribution in [1.29, 1.82) is 0 Å². The molecule has 2 unspecified atom stereocenters. The fourth-order valence-electron chi connectivity index (χ4n) is 2.23. The Morgan fingerprint density at radius 1 is 1.44 bits per heavy atom. The lowest BCUT2D eigenvalue weighted by atomic mass is 9.92. The highest BCUT2D eigenvalue weighted by Crippen LogP contribution is 2.25. The van der Waals surface area contributed by atoms with Crippen molar-refractivity contribution >= 4 is 0 Å². The van der Waals surface area contributed by atoms with E-state index in [1.165, 1.54) is 5.56 Å². The Kier molecular flexibility index (Phi) is 3.59. The molecule has 1 fully saturated rings. The van der Waals surface area contributed by atoms with Crippen molar-refractivity contribution < 1.29 is 4.74 Å². The maximum atomic E-state index is 5.88. The van der Waals surface area contributed by atoms with E-state index in [1.54, 1.807) is 0 Å². The number of rotatable bonds is 4. The maximum absolute atomic E-state index is 5.88. The maximum Gasteiger partial charge on any atom is 0.0741 e. The van der Waals surface area contributed by atoms with E-state index in [1.807, 2.05) is 6.07 Å². The molecule has 0 radical (unpaired) electrons. The lowest BCUT2D eigenvalue weighted by Gasteiger charge is -2.32. The Morgan fingerprint density at radius 2 is 2.19 bits per heavy atom. The molecule has 3 nitrogen and oxygen atoms in total. The van der Waals surface area contributed by atoms with Crippen LogP contribution in [0.4, 0.5) is 0 Å². The average Bonchev–Trinajstić information content (AvgIpc) is 2.70. The van der Waals surface area contributed by atoms with Crippen LogP contribution in [-0.2, 0) is 11.3 Å². The smallest absolute Gasteiger partial charge is 0.0741 e. The predicted octanol–water partition coefficient (Wildman–Crippen LogP) is 1.28. The number of hydrogen-bond donors (Lipinski definition) is 2. The molecule has 1 aliphatic heterocycles. The molecule has 0 saturated carbocycles. The number of ether oxygens (including phenoxy) is 1. The van der Waals surface area contributed by atoms with Gasteiger partial charge in [-0.15, -0.1) is 0 Å². The van der Waals surface area contributed by atoms with Crippen molar-refractivity contribution in [3.8, 4) is 0 Å². The van der Waals surface area contributed by atoms with Gasteiger partial charge in [-0.2, -0.15) is 0 Å². The van der Waals surface area contributed by atoms with Gasteiger partial charge in [-0.1, -0.05) is 30.3 Å². The Labute approximate surface area is 97.0 Å². The van der Waals surface area contributed by atoms with Crippen molar-refractivity contribution in [3.05, 3.63) is 35.9 Å². The summed E-state index contributed by atoms with van der Waals surface area (Å²) in [6.07, 6.45) is 1.19. The molecular weight excluding hydrogens is 200 g/mol. The Hall–Kier alpha value is -0.900. The minimum absolute atomic E-state index is 0.0458. The first-order valence-corrected chi connectivity index (χ1v) is 5.87. The Balaban J connectivity index is 1.98. The van der Waals surface area contributed by atoms with Gasteiger partial charge >= 0.3 is 0 Å². The highest BCUT2D eigenvalue weighted by atomic mass is 16.5. The van der Waals surface area contributed by atoms with Gasteiger partial charge < -0.3 is 15.8 Å². The van der Waals surface area contributed by atoms with Crippen LogP contribution in [0.2, 0.25) is 0 Å². The van der Waals surface area contributed by atoms with Gasteiger partial charge in [-0.3, -0.25) is 0 Å². The quantitative estimate of drug-likeness (QED) is 0.803. The summed E-state index contributed by atoms with van der Waals surface area (Å²) in [5.74, 6) is 0. The molecule has 1 aliphatic rings. The topological polar surface area (TPSA) is 47.3 Å². The molecule has 3 heteroatoms. The largest absolute Gasteiger partial charge is 0.376 e. The third-order valence-electron chi connectivity index (χ3n) is 3.55. The second kappa shape index (κ2) is 4.95. The van der Waals surface area contributed by atoms with E-state index >= 15 is 0 Å². The van der Waals surface area contributed by atoms with E-state index in [2.05, 4.69) is 36.5 Å². The normalized spacial score (nSPS) is 29.5. The van der Waals surface area contributed by atoms with Crippen LogP contribution in [-0.4, -0.2) is 24.8 Å². The van der Waals surface area contributed by atoms with Gasteiger partial charge in [0.25, 0.3) is 0 Å². The molecule has 3 N–H and O–H groups in total. The summed E-state index contributed by atoms with van der Waals surface area (Å²) < 4.78 is 5.61. The lowest BCUT2D eigenvalue weighted by molar-refractivity contribution is 0.0847. The zero-order chi connectivity index (χ0) is 11.4. The van der Waals surface area contributed by atoms with Crippen LogP contribution in [0.25, 0.3) is 0 Å². The summed E-state index contributed by atoms with van der Waals surface area (Å²) in [4.78, 5) is 0. The molecule has 0 aliphatic carbocycles. The summed E-state index contributed by atoms with van der Waals surface area (Å²) in [6.45, 7) is 4.38. The molecule has 16 heavy (non-hydrogen) atoms. The summed E-state index contributed by atoms with van der Waals surface area (Å²) in [7, 11) is 0. The zero-order valence-corrected chi connectivity index (χ0v) is 9.78. The first-order valence-electron chi connectivity index (χ1n) is 5.87. The number of benzene rings is 1. The zero-order valence-electron chi connectivity index (χ0n) is 9.78. The second-order valence-corrected chi connectivity index (χ2v) is 4.46. The molecule has 2 rings (SSSR count). The molecular formula is C13H20N2O. The third kappa shape index (κ3) is 2.26. The van der Waals surface area contributed by atoms with E-state index in [0.29, 0.717) is 6.54 Å². The highest BCUT2D eigenvalue weighted by molar-refractivity contribution is 5.15. The van der Waals surface area contributed by atoms with Gasteiger partial charge in [0.2, 0.25) is 0 Å². The van der Waals surface area contributed by atoms with Gasteiger partial charge in [-0.05, 0) is 18.9 Å². The van der Waals surface area contributed by atoms with Crippen molar-refractivity contribution in [2.75, 3.05) is 13.2 Å². The molecule has 2 atom stereocenters. The van der Waals surface area contributed by atoms with Gasteiger partial charge in [-0.25, -0.2) is 0 Å². The molecule has 1 heterocycles. The molecule has 0 spiro atoms. The predicted molar refractivity (Wildman–Crippen MR) is 65.1 cm³/mol. The molecule has 0 bridgehead atoms. The van der Waals surface area contributed by atoms with Crippen LogP contribution in [0, 0.1) is 0 Å². The first-order chi connectivity index (χ1) is 7.77. The van der Waals surface area contributed by atoms with Crippen LogP contribution in [0.15, 0.2) is 30.3 Å². The fraction of sp³-hybridized carbons (Fsp3) is 0.538. The van der Waals surface area contributed by atoms with Gasteiger partial charge in [0.05, 0.1) is 11.6 Å². The number of nitrogens with one attached hydrogen (secondary N) is 1. The van der Waals surface area contributed by atoms with Crippen LogP contribution < -0.4 is 11.1 Å². The average molecular weight is 220 g/mol. The van der Waals surface area contributed by atoms with Gasteiger partial charge in [0.15, 0.2) is 0 Å². The molecule has 88 valence electrons. The standard InChI is InChI=1S/C13H20N2O/c1-11-13(10-14,7-8-16-11)15-9-12-5-3-2-4-6-12/h2-6,11,15H,7-10,14H2,1H3. The summed E-state index contributed by atoms with van der Waals surface area (Å²) in [5.41, 5.74) is 7.12. The minimum atomic E-state index is -0.0458. The minimum Gasteiger partial charge on any atom is -0.376 e. The monoisotopic (exact) mass is 220 g/mol. The van der Waals surface area contributed by atoms with Crippen LogP contribution in [0.3, 0.4) is 0 Å². The van der Waals surface area contributed by atoms with Crippen LogP contribution >= 0.6 is 0 Å². The molecule has 1 aromatic rings. The summed E-state index contributed by atoms with van der Waals surface area (Å²) in [6, 6.07) is 10.4. The van der Waals surface area contributed by atoms with Gasteiger partial charge in [0, 0.05) is 19.7 Å².